The molecule has 0 unspecified atom stereocenters. The van der Waals surface area contributed by atoms with Crippen molar-refractivity contribution in [2.24, 2.45) is 17.1 Å². The molecular weight excluding hydrogens is 308 g/mol. The zero-order valence-corrected chi connectivity index (χ0v) is 14.7. The molecule has 0 spiro atoms. The van der Waals surface area contributed by atoms with E-state index in [-0.39, 0.29) is 17.5 Å². The molecule has 0 saturated carbocycles. The van der Waals surface area contributed by atoms with Crippen molar-refractivity contribution < 1.29 is 0 Å². The summed E-state index contributed by atoms with van der Waals surface area (Å²) in [5.74, 6) is -0.379. The molecule has 2 aliphatic carbocycles. The minimum atomic E-state index is -1.51. The second-order valence-electron chi connectivity index (χ2n) is 7.07. The van der Waals surface area contributed by atoms with Gasteiger partial charge in [-0.1, -0.05) is 23.8 Å². The highest BCUT2D eigenvalue weighted by atomic mass is 14.7. The normalized spacial score (nSPS) is 23.9. The summed E-state index contributed by atoms with van der Waals surface area (Å²) in [7, 11) is 0. The lowest BCUT2D eigenvalue weighted by Gasteiger charge is -2.41. The van der Waals surface area contributed by atoms with E-state index in [1.165, 1.54) is 0 Å². The summed E-state index contributed by atoms with van der Waals surface area (Å²) < 4.78 is 0. The van der Waals surface area contributed by atoms with Gasteiger partial charge in [-0.2, -0.15) is 15.8 Å². The number of allylic oxidation sites excluding steroid dienone is 4. The van der Waals surface area contributed by atoms with Crippen molar-refractivity contribution in [2.45, 2.75) is 39.5 Å². The predicted molar refractivity (Wildman–Crippen MR) is 94.7 cm³/mol. The van der Waals surface area contributed by atoms with Gasteiger partial charge in [-0.25, -0.2) is 0 Å². The molecule has 3 rings (SSSR count). The van der Waals surface area contributed by atoms with E-state index in [9.17, 15) is 15.8 Å². The molecular formula is C21H20N4. The van der Waals surface area contributed by atoms with Crippen molar-refractivity contribution in [2.75, 3.05) is 0 Å². The quantitative estimate of drug-likeness (QED) is 0.847. The van der Waals surface area contributed by atoms with Gasteiger partial charge in [-0.05, 0) is 61.8 Å². The van der Waals surface area contributed by atoms with Gasteiger partial charge in [0.2, 0.25) is 0 Å². The van der Waals surface area contributed by atoms with Crippen molar-refractivity contribution in [3.8, 4) is 18.2 Å². The Bertz CT molecular complexity index is 907. The third-order valence-electron chi connectivity index (χ3n) is 5.61. The number of rotatable bonds is 1. The molecule has 0 aliphatic heterocycles. The number of benzene rings is 1. The monoisotopic (exact) mass is 328 g/mol. The number of nitrogens with zero attached hydrogens (tertiary/aromatic N) is 3. The molecule has 2 aliphatic rings. The van der Waals surface area contributed by atoms with Crippen molar-refractivity contribution >= 4 is 0 Å². The topological polar surface area (TPSA) is 97.4 Å². The van der Waals surface area contributed by atoms with E-state index in [0.717, 1.165) is 40.7 Å². The van der Waals surface area contributed by atoms with Gasteiger partial charge in [0.25, 0.3) is 0 Å². The Labute approximate surface area is 148 Å². The first-order valence-corrected chi connectivity index (χ1v) is 8.42. The van der Waals surface area contributed by atoms with Crippen LogP contribution in [0, 0.1) is 66.1 Å². The molecule has 4 nitrogen and oxygen atoms in total. The lowest BCUT2D eigenvalue weighted by Crippen LogP contribution is -2.41. The summed E-state index contributed by atoms with van der Waals surface area (Å²) in [6.07, 6.45) is 3.71. The van der Waals surface area contributed by atoms with Gasteiger partial charge >= 0.3 is 0 Å². The number of fused-ring (bicyclic) bond motifs is 1. The van der Waals surface area contributed by atoms with Gasteiger partial charge in [0.1, 0.15) is 6.07 Å². The summed E-state index contributed by atoms with van der Waals surface area (Å²) in [5, 5.41) is 29.6. The average molecular weight is 328 g/mol. The van der Waals surface area contributed by atoms with E-state index in [2.05, 4.69) is 30.3 Å². The SMILES string of the molecule is Cc1cc(C)c([C@H]2[C@@H]3CCC=C3C(C#N)=C(N)C2(C#N)C#N)c(C)c1. The molecule has 25 heavy (non-hydrogen) atoms. The van der Waals surface area contributed by atoms with Crippen LogP contribution in [0.1, 0.15) is 41.0 Å². The Morgan fingerprint density at radius 3 is 2.20 bits per heavy atom. The zero-order chi connectivity index (χ0) is 18.4. The molecule has 1 aromatic carbocycles. The molecule has 0 aromatic heterocycles. The molecule has 2 N–H and O–H groups in total. The maximum absolute atomic E-state index is 10.00. The van der Waals surface area contributed by atoms with E-state index < -0.39 is 5.41 Å². The van der Waals surface area contributed by atoms with Crippen LogP contribution in [0.2, 0.25) is 0 Å². The standard InChI is InChI=1S/C21H20N4/c1-12-7-13(2)18(14(3)8-12)19-16-6-4-5-15(16)17(9-22)20(25)21(19,10-23)11-24/h5,7-8,16,19H,4,6,25H2,1-3H3/t16-,19-/m1/s1. The number of nitrogens with two attached hydrogens (primary N) is 1. The average Bonchev–Trinajstić information content (AvgIpc) is 3.03. The Hall–Kier alpha value is -3.03. The third-order valence-corrected chi connectivity index (χ3v) is 5.61. The Morgan fingerprint density at radius 1 is 1.08 bits per heavy atom. The highest BCUT2D eigenvalue weighted by Gasteiger charge is 2.54. The fourth-order valence-corrected chi connectivity index (χ4v) is 4.69. The van der Waals surface area contributed by atoms with Crippen LogP contribution < -0.4 is 5.73 Å². The summed E-state index contributed by atoms with van der Waals surface area (Å²) in [6, 6.07) is 10.7. The summed E-state index contributed by atoms with van der Waals surface area (Å²) in [6.45, 7) is 6.08. The zero-order valence-electron chi connectivity index (χ0n) is 14.7. The Kier molecular flexibility index (Phi) is 3.90. The van der Waals surface area contributed by atoms with Crippen LogP contribution in [0.25, 0.3) is 0 Å². The van der Waals surface area contributed by atoms with Gasteiger partial charge in [-0.3, -0.25) is 0 Å². The van der Waals surface area contributed by atoms with Gasteiger partial charge in [0.15, 0.2) is 5.41 Å². The third kappa shape index (κ3) is 2.17. The van der Waals surface area contributed by atoms with E-state index in [4.69, 9.17) is 5.73 Å². The number of hydrogen-bond donors (Lipinski definition) is 1. The lowest BCUT2D eigenvalue weighted by molar-refractivity contribution is 0.343. The highest BCUT2D eigenvalue weighted by Crippen LogP contribution is 2.57. The first-order valence-electron chi connectivity index (χ1n) is 8.42. The van der Waals surface area contributed by atoms with Crippen molar-refractivity contribution in [3.05, 3.63) is 57.3 Å². The lowest BCUT2D eigenvalue weighted by atomic mass is 9.58. The number of nitriles is 3. The maximum Gasteiger partial charge on any atom is 0.191 e. The minimum absolute atomic E-state index is 0.0265. The van der Waals surface area contributed by atoms with Crippen LogP contribution in [0.3, 0.4) is 0 Å². The first-order chi connectivity index (χ1) is 11.9. The largest absolute Gasteiger partial charge is 0.399 e. The molecule has 0 amide bonds. The van der Waals surface area contributed by atoms with Crippen LogP contribution in [-0.2, 0) is 0 Å². The van der Waals surface area contributed by atoms with Crippen LogP contribution in [0.15, 0.2) is 35.1 Å². The molecule has 0 radical (unpaired) electrons. The smallest absolute Gasteiger partial charge is 0.191 e. The predicted octanol–water partition coefficient (Wildman–Crippen LogP) is 3.82. The molecule has 2 atom stereocenters. The van der Waals surface area contributed by atoms with E-state index in [1.54, 1.807) is 0 Å². The molecule has 0 heterocycles. The number of aryl methyl sites for hydroxylation is 3. The molecule has 0 saturated heterocycles. The van der Waals surface area contributed by atoms with Gasteiger partial charge in [0.05, 0.1) is 23.4 Å². The fourth-order valence-electron chi connectivity index (χ4n) is 4.69. The summed E-state index contributed by atoms with van der Waals surface area (Å²) >= 11 is 0. The minimum Gasteiger partial charge on any atom is -0.399 e. The molecule has 124 valence electrons. The van der Waals surface area contributed by atoms with Crippen LogP contribution in [0.4, 0.5) is 0 Å². The van der Waals surface area contributed by atoms with E-state index >= 15 is 0 Å². The highest BCUT2D eigenvalue weighted by molar-refractivity contribution is 5.61. The summed E-state index contributed by atoms with van der Waals surface area (Å²) in [4.78, 5) is 0. The van der Waals surface area contributed by atoms with Crippen molar-refractivity contribution in [1.29, 1.82) is 15.8 Å². The van der Waals surface area contributed by atoms with Gasteiger partial charge < -0.3 is 5.73 Å². The molecule has 4 heteroatoms. The molecule has 0 bridgehead atoms. The molecule has 1 aromatic rings. The van der Waals surface area contributed by atoms with Crippen molar-refractivity contribution in [3.63, 3.8) is 0 Å². The maximum atomic E-state index is 10.00. The van der Waals surface area contributed by atoms with E-state index in [0.29, 0.717) is 5.57 Å². The summed E-state index contributed by atoms with van der Waals surface area (Å²) in [5.41, 5.74) is 10.4. The van der Waals surface area contributed by atoms with Gasteiger partial charge in [-0.15, -0.1) is 0 Å². The fraction of sp³-hybridized carbons (Fsp3) is 0.381. The number of hydrogen-bond acceptors (Lipinski definition) is 4. The van der Waals surface area contributed by atoms with Gasteiger partial charge in [0, 0.05) is 5.92 Å². The first kappa shape index (κ1) is 16.8. The van der Waals surface area contributed by atoms with Crippen LogP contribution in [0.5, 0.6) is 0 Å². The van der Waals surface area contributed by atoms with E-state index in [1.807, 2.05) is 26.8 Å². The second kappa shape index (κ2) is 5.80. The molecule has 0 fully saturated rings. The van der Waals surface area contributed by atoms with Crippen LogP contribution in [-0.4, -0.2) is 0 Å². The van der Waals surface area contributed by atoms with Crippen LogP contribution >= 0.6 is 0 Å². The second-order valence-corrected chi connectivity index (χ2v) is 7.07. The Balaban J connectivity index is 2.39. The Morgan fingerprint density at radius 2 is 1.68 bits per heavy atom. The van der Waals surface area contributed by atoms with Crippen molar-refractivity contribution in [1.82, 2.24) is 0 Å².